The van der Waals surface area contributed by atoms with Crippen LogP contribution in [0.3, 0.4) is 0 Å². The molecule has 0 amide bonds. The molecular formula is C10H15BrN2OS. The first-order valence-electron chi connectivity index (χ1n) is 4.80. The Hall–Kier alpha value is -0.260. The van der Waals surface area contributed by atoms with Crippen LogP contribution in [0.4, 0.5) is 0 Å². The number of halogens is 1. The van der Waals surface area contributed by atoms with Crippen molar-refractivity contribution in [3.05, 3.63) is 28.5 Å². The van der Waals surface area contributed by atoms with Gasteiger partial charge in [-0.25, -0.2) is 0 Å². The Bertz CT molecular complexity index is 346. The standard InChI is InChI=1S/C10H15BrN2OS/c1-8(2-3-12)15(14)7-9-4-10(11)6-13-5-9/h4-6,8H,2-3,7,12H2,1H3. The minimum Gasteiger partial charge on any atom is -0.330 e. The lowest BCUT2D eigenvalue weighted by atomic mass is 10.3. The maximum atomic E-state index is 11.8. The number of aromatic nitrogens is 1. The first-order valence-corrected chi connectivity index (χ1v) is 6.97. The predicted octanol–water partition coefficient (Wildman–Crippen LogP) is 1.83. The molecule has 0 aromatic carbocycles. The molecule has 0 fully saturated rings. The fraction of sp³-hybridized carbons (Fsp3) is 0.500. The van der Waals surface area contributed by atoms with Gasteiger partial charge in [0.25, 0.3) is 0 Å². The number of hydrogen-bond donors (Lipinski definition) is 1. The van der Waals surface area contributed by atoms with E-state index in [4.69, 9.17) is 5.73 Å². The maximum Gasteiger partial charge on any atom is 0.0504 e. The van der Waals surface area contributed by atoms with Crippen LogP contribution < -0.4 is 5.73 Å². The Morgan fingerprint density at radius 1 is 1.60 bits per heavy atom. The van der Waals surface area contributed by atoms with Crippen molar-refractivity contribution in [3.8, 4) is 0 Å². The van der Waals surface area contributed by atoms with Gasteiger partial charge in [-0.3, -0.25) is 9.19 Å². The largest absolute Gasteiger partial charge is 0.330 e. The molecule has 1 aromatic rings. The zero-order chi connectivity index (χ0) is 11.3. The predicted molar refractivity (Wildman–Crippen MR) is 66.9 cm³/mol. The lowest BCUT2D eigenvalue weighted by Gasteiger charge is -2.09. The SMILES string of the molecule is CC(CCN)S(=O)Cc1cncc(Br)c1. The Morgan fingerprint density at radius 3 is 2.93 bits per heavy atom. The molecule has 0 saturated carbocycles. The summed E-state index contributed by atoms with van der Waals surface area (Å²) in [4.78, 5) is 4.04. The number of rotatable bonds is 5. The zero-order valence-electron chi connectivity index (χ0n) is 8.65. The number of pyridine rings is 1. The van der Waals surface area contributed by atoms with E-state index in [0.717, 1.165) is 16.5 Å². The molecule has 0 bridgehead atoms. The maximum absolute atomic E-state index is 11.8. The van der Waals surface area contributed by atoms with Gasteiger partial charge in [-0.1, -0.05) is 6.92 Å². The van der Waals surface area contributed by atoms with Crippen molar-refractivity contribution >= 4 is 26.7 Å². The molecule has 2 atom stereocenters. The van der Waals surface area contributed by atoms with Crippen molar-refractivity contribution in [1.82, 2.24) is 4.98 Å². The molecule has 2 N–H and O–H groups in total. The second-order valence-electron chi connectivity index (χ2n) is 3.42. The Morgan fingerprint density at radius 2 is 2.33 bits per heavy atom. The highest BCUT2D eigenvalue weighted by atomic mass is 79.9. The molecule has 0 aliphatic rings. The lowest BCUT2D eigenvalue weighted by Crippen LogP contribution is -2.17. The Kier molecular flexibility index (Phi) is 5.42. The number of nitrogens with two attached hydrogens (primary N) is 1. The van der Waals surface area contributed by atoms with Gasteiger partial charge in [0.1, 0.15) is 0 Å². The monoisotopic (exact) mass is 290 g/mol. The van der Waals surface area contributed by atoms with Crippen LogP contribution in [0.15, 0.2) is 22.9 Å². The summed E-state index contributed by atoms with van der Waals surface area (Å²) in [6.45, 7) is 2.55. The zero-order valence-corrected chi connectivity index (χ0v) is 11.1. The highest BCUT2D eigenvalue weighted by Gasteiger charge is 2.10. The number of hydrogen-bond acceptors (Lipinski definition) is 3. The summed E-state index contributed by atoms with van der Waals surface area (Å²) in [6, 6.07) is 1.94. The molecule has 15 heavy (non-hydrogen) atoms. The number of nitrogens with zero attached hydrogens (tertiary/aromatic N) is 1. The topological polar surface area (TPSA) is 56.0 Å². The lowest BCUT2D eigenvalue weighted by molar-refractivity contribution is 0.665. The van der Waals surface area contributed by atoms with Gasteiger partial charge in [-0.2, -0.15) is 0 Å². The molecule has 1 heterocycles. The van der Waals surface area contributed by atoms with E-state index in [2.05, 4.69) is 20.9 Å². The van der Waals surface area contributed by atoms with Crippen molar-refractivity contribution in [2.24, 2.45) is 5.73 Å². The molecule has 84 valence electrons. The van der Waals surface area contributed by atoms with Gasteiger partial charge in [-0.05, 0) is 40.5 Å². The molecule has 0 spiro atoms. The highest BCUT2D eigenvalue weighted by molar-refractivity contribution is 9.10. The molecule has 5 heteroatoms. The van der Waals surface area contributed by atoms with Crippen LogP contribution in [-0.4, -0.2) is 21.0 Å². The van der Waals surface area contributed by atoms with E-state index in [9.17, 15) is 4.21 Å². The van der Waals surface area contributed by atoms with Crippen molar-refractivity contribution in [2.75, 3.05) is 6.54 Å². The van der Waals surface area contributed by atoms with E-state index in [1.54, 1.807) is 12.4 Å². The summed E-state index contributed by atoms with van der Waals surface area (Å²) in [5.74, 6) is 0.549. The molecule has 0 aliphatic heterocycles. The average Bonchev–Trinajstić information content (AvgIpc) is 2.18. The third-order valence-corrected chi connectivity index (χ3v) is 4.28. The summed E-state index contributed by atoms with van der Waals surface area (Å²) in [5.41, 5.74) is 6.42. The fourth-order valence-corrected chi connectivity index (χ4v) is 2.79. The van der Waals surface area contributed by atoms with E-state index in [1.807, 2.05) is 13.0 Å². The molecule has 1 rings (SSSR count). The Labute approximate surface area is 101 Å². The van der Waals surface area contributed by atoms with Crippen LogP contribution >= 0.6 is 15.9 Å². The second-order valence-corrected chi connectivity index (χ2v) is 6.20. The van der Waals surface area contributed by atoms with Crippen molar-refractivity contribution in [3.63, 3.8) is 0 Å². The van der Waals surface area contributed by atoms with Gasteiger partial charge < -0.3 is 5.73 Å². The minimum absolute atomic E-state index is 0.147. The van der Waals surface area contributed by atoms with Crippen LogP contribution in [-0.2, 0) is 16.6 Å². The van der Waals surface area contributed by atoms with Gasteiger partial charge in [-0.15, -0.1) is 0 Å². The third kappa shape index (κ3) is 4.40. The first kappa shape index (κ1) is 12.8. The second kappa shape index (κ2) is 6.35. The molecule has 0 saturated heterocycles. The van der Waals surface area contributed by atoms with E-state index in [1.165, 1.54) is 0 Å². The summed E-state index contributed by atoms with van der Waals surface area (Å²) in [6.07, 6.45) is 4.27. The molecule has 3 nitrogen and oxygen atoms in total. The van der Waals surface area contributed by atoms with E-state index in [0.29, 0.717) is 12.3 Å². The van der Waals surface area contributed by atoms with Gasteiger partial charge >= 0.3 is 0 Å². The van der Waals surface area contributed by atoms with Crippen molar-refractivity contribution in [2.45, 2.75) is 24.3 Å². The van der Waals surface area contributed by atoms with Crippen molar-refractivity contribution in [1.29, 1.82) is 0 Å². The first-order chi connectivity index (χ1) is 7.13. The summed E-state index contributed by atoms with van der Waals surface area (Å²) in [5, 5.41) is 0.147. The summed E-state index contributed by atoms with van der Waals surface area (Å²) < 4.78 is 12.7. The molecular weight excluding hydrogens is 276 g/mol. The van der Waals surface area contributed by atoms with Gasteiger partial charge in [0, 0.05) is 32.9 Å². The van der Waals surface area contributed by atoms with Crippen LogP contribution in [0, 0.1) is 0 Å². The molecule has 0 radical (unpaired) electrons. The van der Waals surface area contributed by atoms with Crippen LogP contribution in [0.2, 0.25) is 0 Å². The van der Waals surface area contributed by atoms with Crippen LogP contribution in [0.1, 0.15) is 18.9 Å². The van der Waals surface area contributed by atoms with Gasteiger partial charge in [0.05, 0.1) is 5.75 Å². The third-order valence-electron chi connectivity index (χ3n) is 2.09. The highest BCUT2D eigenvalue weighted by Crippen LogP contribution is 2.13. The normalized spacial score (nSPS) is 14.9. The van der Waals surface area contributed by atoms with Gasteiger partial charge in [0.2, 0.25) is 0 Å². The average molecular weight is 291 g/mol. The minimum atomic E-state index is -0.865. The van der Waals surface area contributed by atoms with E-state index >= 15 is 0 Å². The molecule has 0 aliphatic carbocycles. The summed E-state index contributed by atoms with van der Waals surface area (Å²) >= 11 is 3.34. The van der Waals surface area contributed by atoms with E-state index < -0.39 is 10.8 Å². The summed E-state index contributed by atoms with van der Waals surface area (Å²) in [7, 11) is -0.865. The van der Waals surface area contributed by atoms with Crippen LogP contribution in [0.25, 0.3) is 0 Å². The molecule has 2 unspecified atom stereocenters. The van der Waals surface area contributed by atoms with E-state index in [-0.39, 0.29) is 5.25 Å². The fourth-order valence-electron chi connectivity index (χ4n) is 1.21. The van der Waals surface area contributed by atoms with Gasteiger partial charge in [0.15, 0.2) is 0 Å². The quantitative estimate of drug-likeness (QED) is 0.900. The van der Waals surface area contributed by atoms with Crippen LogP contribution in [0.5, 0.6) is 0 Å². The smallest absolute Gasteiger partial charge is 0.0504 e. The molecule has 1 aromatic heterocycles. The van der Waals surface area contributed by atoms with Crippen molar-refractivity contribution < 1.29 is 4.21 Å². The Balaban J connectivity index is 2.58.